The van der Waals surface area contributed by atoms with Crippen LogP contribution in [0.25, 0.3) is 0 Å². The number of nitrogens with zero attached hydrogens (tertiary/aromatic N) is 4. The maximum absolute atomic E-state index is 12.3. The van der Waals surface area contributed by atoms with E-state index in [-0.39, 0.29) is 11.7 Å². The SMILES string of the molecule is Cc1cnc(Nc2ccnc(CC3COC4(CCN(C(=O)OC(C)(C)C)CC4)C3)n2)s1. The van der Waals surface area contributed by atoms with Crippen molar-refractivity contribution >= 4 is 28.4 Å². The molecule has 0 bridgehead atoms. The van der Waals surface area contributed by atoms with E-state index in [1.807, 2.05) is 40.0 Å². The van der Waals surface area contributed by atoms with E-state index in [1.165, 1.54) is 0 Å². The third-order valence-corrected chi connectivity index (χ3v) is 6.47. The largest absolute Gasteiger partial charge is 0.444 e. The molecule has 1 amide bonds. The van der Waals surface area contributed by atoms with Gasteiger partial charge in [0.25, 0.3) is 0 Å². The van der Waals surface area contributed by atoms with E-state index in [4.69, 9.17) is 9.47 Å². The summed E-state index contributed by atoms with van der Waals surface area (Å²) in [5.41, 5.74) is -0.611. The molecule has 0 saturated carbocycles. The fourth-order valence-electron chi connectivity index (χ4n) is 4.19. The third-order valence-electron chi connectivity index (χ3n) is 5.65. The summed E-state index contributed by atoms with van der Waals surface area (Å²) in [7, 11) is 0. The Balaban J connectivity index is 1.30. The van der Waals surface area contributed by atoms with E-state index in [0.717, 1.165) is 47.3 Å². The third kappa shape index (κ3) is 5.71. The molecule has 2 fully saturated rings. The van der Waals surface area contributed by atoms with Crippen molar-refractivity contribution in [2.75, 3.05) is 25.0 Å². The molecule has 9 heteroatoms. The van der Waals surface area contributed by atoms with Gasteiger partial charge in [0.1, 0.15) is 17.2 Å². The molecular weight excluding hydrogens is 414 g/mol. The number of likely N-dealkylation sites (tertiary alicyclic amines) is 1. The van der Waals surface area contributed by atoms with Gasteiger partial charge in [-0.3, -0.25) is 0 Å². The summed E-state index contributed by atoms with van der Waals surface area (Å²) >= 11 is 1.60. The molecule has 4 heterocycles. The summed E-state index contributed by atoms with van der Waals surface area (Å²) in [6.45, 7) is 9.76. The number of amides is 1. The van der Waals surface area contributed by atoms with Crippen molar-refractivity contribution in [3.63, 3.8) is 0 Å². The van der Waals surface area contributed by atoms with E-state index in [9.17, 15) is 4.79 Å². The predicted molar refractivity (Wildman–Crippen MR) is 120 cm³/mol. The fraction of sp³-hybridized carbons (Fsp3) is 0.636. The predicted octanol–water partition coefficient (Wildman–Crippen LogP) is 4.33. The second-order valence-corrected chi connectivity index (χ2v) is 10.7. The summed E-state index contributed by atoms with van der Waals surface area (Å²) in [5.74, 6) is 1.96. The highest BCUT2D eigenvalue weighted by molar-refractivity contribution is 7.15. The van der Waals surface area contributed by atoms with Crippen molar-refractivity contribution in [1.29, 1.82) is 0 Å². The Morgan fingerprint density at radius 3 is 2.81 bits per heavy atom. The molecule has 31 heavy (non-hydrogen) atoms. The molecule has 2 aromatic heterocycles. The second-order valence-electron chi connectivity index (χ2n) is 9.49. The second kappa shape index (κ2) is 8.70. The normalized spacial score (nSPS) is 20.8. The van der Waals surface area contributed by atoms with Crippen molar-refractivity contribution < 1.29 is 14.3 Å². The molecule has 4 rings (SSSR count). The van der Waals surface area contributed by atoms with Crippen LogP contribution in [0.3, 0.4) is 0 Å². The number of hydrogen-bond donors (Lipinski definition) is 1. The summed E-state index contributed by atoms with van der Waals surface area (Å²) in [6.07, 6.45) is 6.84. The smallest absolute Gasteiger partial charge is 0.410 e. The topological polar surface area (TPSA) is 89.5 Å². The summed E-state index contributed by atoms with van der Waals surface area (Å²) in [4.78, 5) is 28.7. The van der Waals surface area contributed by atoms with Gasteiger partial charge in [-0.15, -0.1) is 11.3 Å². The first kappa shape index (κ1) is 22.0. The van der Waals surface area contributed by atoms with Crippen LogP contribution >= 0.6 is 11.3 Å². The Hall–Kier alpha value is -2.26. The standard InChI is InChI=1S/C22H31N5O3S/c1-15-13-24-19(31-15)26-17-5-8-23-18(25-17)11-16-12-22(29-14-16)6-9-27(10-7-22)20(28)30-21(2,3)4/h5,8,13,16H,6-7,9-12,14H2,1-4H3,(H,23,24,25,26). The van der Waals surface area contributed by atoms with Crippen LogP contribution in [0.5, 0.6) is 0 Å². The van der Waals surface area contributed by atoms with Gasteiger partial charge in [0, 0.05) is 36.8 Å². The number of anilines is 2. The van der Waals surface area contributed by atoms with Gasteiger partial charge in [0.05, 0.1) is 12.2 Å². The first-order valence-corrected chi connectivity index (χ1v) is 11.6. The maximum atomic E-state index is 12.3. The average Bonchev–Trinajstić information content (AvgIpc) is 3.27. The van der Waals surface area contributed by atoms with Crippen molar-refractivity contribution in [3.05, 3.63) is 29.2 Å². The van der Waals surface area contributed by atoms with Crippen molar-refractivity contribution in [2.45, 2.75) is 64.6 Å². The van der Waals surface area contributed by atoms with E-state index in [2.05, 4.69) is 20.3 Å². The van der Waals surface area contributed by atoms with Crippen LogP contribution < -0.4 is 5.32 Å². The van der Waals surface area contributed by atoms with Gasteiger partial charge >= 0.3 is 6.09 Å². The van der Waals surface area contributed by atoms with Gasteiger partial charge in [0.2, 0.25) is 0 Å². The Labute approximate surface area is 187 Å². The van der Waals surface area contributed by atoms with Gasteiger partial charge in [-0.05, 0) is 58.9 Å². The number of piperidine rings is 1. The van der Waals surface area contributed by atoms with Gasteiger partial charge in [-0.2, -0.15) is 0 Å². The lowest BCUT2D eigenvalue weighted by atomic mass is 9.84. The summed E-state index contributed by atoms with van der Waals surface area (Å²) in [5, 5.41) is 4.09. The average molecular weight is 446 g/mol. The number of aromatic nitrogens is 3. The highest BCUT2D eigenvalue weighted by Gasteiger charge is 2.44. The molecule has 8 nitrogen and oxygen atoms in total. The number of nitrogens with one attached hydrogen (secondary N) is 1. The highest BCUT2D eigenvalue weighted by Crippen LogP contribution is 2.39. The quantitative estimate of drug-likeness (QED) is 0.749. The fourth-order valence-corrected chi connectivity index (χ4v) is 4.86. The molecule has 168 valence electrons. The van der Waals surface area contributed by atoms with Crippen molar-refractivity contribution in [2.24, 2.45) is 5.92 Å². The van der Waals surface area contributed by atoms with E-state index < -0.39 is 5.60 Å². The molecule has 1 atom stereocenters. The number of hydrogen-bond acceptors (Lipinski definition) is 8. The van der Waals surface area contributed by atoms with Gasteiger partial charge < -0.3 is 19.7 Å². The van der Waals surface area contributed by atoms with Crippen LogP contribution in [0, 0.1) is 12.8 Å². The molecule has 1 N–H and O–H groups in total. The van der Waals surface area contributed by atoms with E-state index in [0.29, 0.717) is 25.6 Å². The number of aryl methyl sites for hydroxylation is 1. The van der Waals surface area contributed by atoms with Crippen molar-refractivity contribution in [3.8, 4) is 0 Å². The number of carbonyl (C=O) groups excluding carboxylic acids is 1. The Morgan fingerprint density at radius 2 is 2.13 bits per heavy atom. The number of carbonyl (C=O) groups is 1. The lowest BCUT2D eigenvalue weighted by Crippen LogP contribution is -2.47. The lowest BCUT2D eigenvalue weighted by Gasteiger charge is -2.39. The number of ether oxygens (including phenoxy) is 2. The number of thiazole rings is 1. The minimum Gasteiger partial charge on any atom is -0.444 e. The molecule has 2 aliphatic heterocycles. The molecule has 2 saturated heterocycles. The lowest BCUT2D eigenvalue weighted by molar-refractivity contribution is -0.0487. The Kier molecular flexibility index (Phi) is 6.16. The molecule has 2 aliphatic rings. The number of rotatable bonds is 4. The van der Waals surface area contributed by atoms with Crippen LogP contribution in [0.4, 0.5) is 15.7 Å². The van der Waals surface area contributed by atoms with Gasteiger partial charge in [-0.25, -0.2) is 19.7 Å². The van der Waals surface area contributed by atoms with E-state index in [1.54, 1.807) is 22.4 Å². The van der Waals surface area contributed by atoms with Crippen LogP contribution in [0.2, 0.25) is 0 Å². The highest BCUT2D eigenvalue weighted by atomic mass is 32.1. The van der Waals surface area contributed by atoms with Crippen LogP contribution in [0.1, 0.15) is 50.7 Å². The van der Waals surface area contributed by atoms with E-state index >= 15 is 0 Å². The van der Waals surface area contributed by atoms with Crippen LogP contribution in [-0.2, 0) is 15.9 Å². The van der Waals surface area contributed by atoms with Crippen LogP contribution in [0.15, 0.2) is 18.5 Å². The zero-order valence-electron chi connectivity index (χ0n) is 18.7. The molecule has 1 spiro atoms. The van der Waals surface area contributed by atoms with Crippen LogP contribution in [-0.4, -0.2) is 56.8 Å². The summed E-state index contributed by atoms with van der Waals surface area (Å²) < 4.78 is 11.8. The minimum atomic E-state index is -0.469. The van der Waals surface area contributed by atoms with Crippen molar-refractivity contribution in [1.82, 2.24) is 19.9 Å². The van der Waals surface area contributed by atoms with Gasteiger partial charge in [-0.1, -0.05) is 0 Å². The molecule has 0 aliphatic carbocycles. The monoisotopic (exact) mass is 445 g/mol. The zero-order valence-corrected chi connectivity index (χ0v) is 19.5. The zero-order chi connectivity index (χ0) is 22.1. The minimum absolute atomic E-state index is 0.141. The molecule has 0 aromatic carbocycles. The molecule has 2 aromatic rings. The first-order chi connectivity index (χ1) is 14.7. The Bertz CT molecular complexity index is 918. The van der Waals surface area contributed by atoms with Gasteiger partial charge in [0.15, 0.2) is 5.13 Å². The summed E-state index contributed by atoms with van der Waals surface area (Å²) in [6, 6.07) is 1.86. The molecular formula is C22H31N5O3S. The molecule has 0 radical (unpaired) electrons. The molecule has 1 unspecified atom stereocenters. The Morgan fingerprint density at radius 1 is 1.35 bits per heavy atom. The maximum Gasteiger partial charge on any atom is 0.410 e. The first-order valence-electron chi connectivity index (χ1n) is 10.8.